The van der Waals surface area contributed by atoms with Gasteiger partial charge in [-0.2, -0.15) is 0 Å². The van der Waals surface area contributed by atoms with Gasteiger partial charge >= 0.3 is 0 Å². The van der Waals surface area contributed by atoms with Gasteiger partial charge in [0, 0.05) is 21.9 Å². The molecule has 1 N–H and O–H groups in total. The zero-order valence-corrected chi connectivity index (χ0v) is 13.5. The van der Waals surface area contributed by atoms with Gasteiger partial charge in [0.05, 0.1) is 19.8 Å². The van der Waals surface area contributed by atoms with Crippen molar-refractivity contribution in [2.45, 2.75) is 26.3 Å². The van der Waals surface area contributed by atoms with Crippen LogP contribution >= 0.6 is 11.3 Å². The maximum atomic E-state index is 5.87. The minimum atomic E-state index is 0.262. The molecule has 0 fully saturated rings. The lowest BCUT2D eigenvalue weighted by Gasteiger charge is -2.28. The van der Waals surface area contributed by atoms with Crippen LogP contribution in [-0.4, -0.2) is 20.3 Å². The molecule has 0 radical (unpaired) electrons. The Kier molecular flexibility index (Phi) is 4.17. The van der Waals surface area contributed by atoms with E-state index in [0.29, 0.717) is 6.61 Å². The Morgan fingerprint density at radius 3 is 2.81 bits per heavy atom. The summed E-state index contributed by atoms with van der Waals surface area (Å²) >= 11 is 1.85. The van der Waals surface area contributed by atoms with Crippen LogP contribution in [0.25, 0.3) is 0 Å². The predicted molar refractivity (Wildman–Crippen MR) is 86.8 cm³/mol. The highest BCUT2D eigenvalue weighted by atomic mass is 32.1. The highest BCUT2D eigenvalue weighted by Crippen LogP contribution is 2.41. The van der Waals surface area contributed by atoms with Crippen LogP contribution in [0.2, 0.25) is 0 Å². The Labute approximate surface area is 129 Å². The number of ether oxygens (including phenoxy) is 2. The van der Waals surface area contributed by atoms with Gasteiger partial charge in [-0.1, -0.05) is 6.07 Å². The maximum absolute atomic E-state index is 5.87. The molecule has 0 saturated carbocycles. The van der Waals surface area contributed by atoms with Gasteiger partial charge in [0.1, 0.15) is 0 Å². The highest BCUT2D eigenvalue weighted by molar-refractivity contribution is 7.12. The SMILES string of the molecule is CCOc1c(OC)ccc2c1CCNC2c1ccc(C)s1. The van der Waals surface area contributed by atoms with Crippen molar-refractivity contribution in [3.8, 4) is 11.5 Å². The summed E-state index contributed by atoms with van der Waals surface area (Å²) in [5.74, 6) is 1.75. The maximum Gasteiger partial charge on any atom is 0.164 e. The van der Waals surface area contributed by atoms with E-state index in [2.05, 4.69) is 30.4 Å². The molecule has 0 aliphatic carbocycles. The Hall–Kier alpha value is -1.52. The predicted octanol–water partition coefficient (Wildman–Crippen LogP) is 3.70. The van der Waals surface area contributed by atoms with Gasteiger partial charge in [-0.05, 0) is 44.0 Å². The number of nitrogens with one attached hydrogen (secondary N) is 1. The van der Waals surface area contributed by atoms with Crippen LogP contribution in [0.3, 0.4) is 0 Å². The zero-order valence-electron chi connectivity index (χ0n) is 12.7. The first-order valence-electron chi connectivity index (χ1n) is 7.37. The minimum Gasteiger partial charge on any atom is -0.493 e. The summed E-state index contributed by atoms with van der Waals surface area (Å²) in [7, 11) is 1.70. The molecule has 0 saturated heterocycles. The van der Waals surface area contributed by atoms with Crippen LogP contribution in [0.5, 0.6) is 11.5 Å². The molecule has 3 rings (SSSR count). The van der Waals surface area contributed by atoms with E-state index in [4.69, 9.17) is 9.47 Å². The Balaban J connectivity index is 2.07. The van der Waals surface area contributed by atoms with Crippen molar-refractivity contribution in [3.05, 3.63) is 45.1 Å². The zero-order chi connectivity index (χ0) is 14.8. The van der Waals surface area contributed by atoms with E-state index in [1.807, 2.05) is 24.3 Å². The standard InChI is InChI=1S/C17H21NO2S/c1-4-20-17-13-9-10-18-16(15-8-5-11(2)21-15)12(13)6-7-14(17)19-3/h5-8,16,18H,4,9-10H2,1-3H3. The minimum absolute atomic E-state index is 0.262. The summed E-state index contributed by atoms with van der Waals surface area (Å²) in [4.78, 5) is 2.71. The lowest BCUT2D eigenvalue weighted by atomic mass is 9.92. The topological polar surface area (TPSA) is 30.5 Å². The molecule has 21 heavy (non-hydrogen) atoms. The van der Waals surface area contributed by atoms with E-state index in [1.165, 1.54) is 20.9 Å². The van der Waals surface area contributed by atoms with Crippen molar-refractivity contribution in [3.63, 3.8) is 0 Å². The second-order valence-electron chi connectivity index (χ2n) is 5.18. The fourth-order valence-corrected chi connectivity index (χ4v) is 3.90. The van der Waals surface area contributed by atoms with E-state index in [-0.39, 0.29) is 6.04 Å². The molecule has 1 aromatic carbocycles. The molecule has 4 heteroatoms. The van der Waals surface area contributed by atoms with Crippen molar-refractivity contribution in [2.75, 3.05) is 20.3 Å². The van der Waals surface area contributed by atoms with Crippen molar-refractivity contribution < 1.29 is 9.47 Å². The smallest absolute Gasteiger partial charge is 0.164 e. The second kappa shape index (κ2) is 6.08. The Morgan fingerprint density at radius 2 is 2.14 bits per heavy atom. The molecule has 3 nitrogen and oxygen atoms in total. The van der Waals surface area contributed by atoms with Crippen molar-refractivity contribution in [1.29, 1.82) is 0 Å². The molecule has 1 unspecified atom stereocenters. The monoisotopic (exact) mass is 303 g/mol. The van der Waals surface area contributed by atoms with E-state index >= 15 is 0 Å². The molecule has 1 atom stereocenters. The molecular weight excluding hydrogens is 282 g/mol. The average Bonchev–Trinajstić information content (AvgIpc) is 2.93. The molecule has 112 valence electrons. The van der Waals surface area contributed by atoms with Crippen LogP contribution in [0.1, 0.15) is 33.8 Å². The van der Waals surface area contributed by atoms with E-state index in [1.54, 1.807) is 7.11 Å². The number of hydrogen-bond acceptors (Lipinski definition) is 4. The lowest BCUT2D eigenvalue weighted by Crippen LogP contribution is -2.30. The second-order valence-corrected chi connectivity index (χ2v) is 6.50. The number of thiophene rings is 1. The number of methoxy groups -OCH3 is 1. The Bertz CT molecular complexity index is 636. The van der Waals surface area contributed by atoms with Crippen molar-refractivity contribution in [2.24, 2.45) is 0 Å². The first kappa shape index (κ1) is 14.4. The molecule has 0 bridgehead atoms. The largest absolute Gasteiger partial charge is 0.493 e. The molecule has 0 amide bonds. The summed E-state index contributed by atoms with van der Waals surface area (Å²) in [6.45, 7) is 5.78. The number of fused-ring (bicyclic) bond motifs is 1. The fourth-order valence-electron chi connectivity index (χ4n) is 2.93. The van der Waals surface area contributed by atoms with Crippen LogP contribution in [-0.2, 0) is 6.42 Å². The summed E-state index contributed by atoms with van der Waals surface area (Å²) in [5.41, 5.74) is 2.60. The third-order valence-electron chi connectivity index (χ3n) is 3.85. The molecule has 2 heterocycles. The van der Waals surface area contributed by atoms with Gasteiger partial charge in [0.15, 0.2) is 11.5 Å². The van der Waals surface area contributed by atoms with Crippen molar-refractivity contribution in [1.82, 2.24) is 5.32 Å². The number of hydrogen-bond donors (Lipinski definition) is 1. The summed E-state index contributed by atoms with van der Waals surface area (Å²) in [6.07, 6.45) is 0.975. The summed E-state index contributed by atoms with van der Waals surface area (Å²) in [5, 5.41) is 3.63. The van der Waals surface area contributed by atoms with Gasteiger partial charge in [-0.3, -0.25) is 0 Å². The highest BCUT2D eigenvalue weighted by Gasteiger charge is 2.26. The number of benzene rings is 1. The molecular formula is C17H21NO2S. The third-order valence-corrected chi connectivity index (χ3v) is 4.91. The van der Waals surface area contributed by atoms with Gasteiger partial charge in [-0.15, -0.1) is 11.3 Å². The molecule has 1 aromatic heterocycles. The fraction of sp³-hybridized carbons (Fsp3) is 0.412. The number of aryl methyl sites for hydroxylation is 1. The molecule has 1 aliphatic rings. The van der Waals surface area contributed by atoms with Crippen LogP contribution in [0.15, 0.2) is 24.3 Å². The average molecular weight is 303 g/mol. The first-order chi connectivity index (χ1) is 10.2. The van der Waals surface area contributed by atoms with Gasteiger partial charge < -0.3 is 14.8 Å². The van der Waals surface area contributed by atoms with Crippen LogP contribution in [0, 0.1) is 6.92 Å². The molecule has 1 aliphatic heterocycles. The third kappa shape index (κ3) is 2.65. The quantitative estimate of drug-likeness (QED) is 0.934. The van der Waals surface area contributed by atoms with Crippen LogP contribution in [0.4, 0.5) is 0 Å². The molecule has 0 spiro atoms. The van der Waals surface area contributed by atoms with Gasteiger partial charge in [-0.25, -0.2) is 0 Å². The lowest BCUT2D eigenvalue weighted by molar-refractivity contribution is 0.305. The summed E-state index contributed by atoms with van der Waals surface area (Å²) < 4.78 is 11.3. The van der Waals surface area contributed by atoms with E-state index in [9.17, 15) is 0 Å². The van der Waals surface area contributed by atoms with Crippen LogP contribution < -0.4 is 14.8 Å². The molecule has 2 aromatic rings. The van der Waals surface area contributed by atoms with E-state index in [0.717, 1.165) is 24.5 Å². The summed E-state index contributed by atoms with van der Waals surface area (Å²) in [6, 6.07) is 8.85. The normalized spacial score (nSPS) is 17.4. The first-order valence-corrected chi connectivity index (χ1v) is 8.18. The van der Waals surface area contributed by atoms with E-state index < -0.39 is 0 Å². The van der Waals surface area contributed by atoms with Gasteiger partial charge in [0.25, 0.3) is 0 Å². The number of rotatable bonds is 4. The van der Waals surface area contributed by atoms with Crippen molar-refractivity contribution >= 4 is 11.3 Å². The Morgan fingerprint density at radius 1 is 1.29 bits per heavy atom. The van der Waals surface area contributed by atoms with Gasteiger partial charge in [0.2, 0.25) is 0 Å².